The second-order valence-corrected chi connectivity index (χ2v) is 5.54. The fourth-order valence-electron chi connectivity index (χ4n) is 2.95. The molecule has 1 atom stereocenters. The molecule has 10 heteroatoms. The van der Waals surface area contributed by atoms with Crippen molar-refractivity contribution < 1.29 is 18.9 Å². The number of aromatic nitrogens is 2. The van der Waals surface area contributed by atoms with E-state index in [4.69, 9.17) is 24.7 Å². The third-order valence-corrected chi connectivity index (χ3v) is 4.11. The number of H-pyrrole nitrogens is 2. The van der Waals surface area contributed by atoms with Crippen LogP contribution < -0.4 is 35.9 Å². The molecule has 1 aliphatic rings. The highest BCUT2D eigenvalue weighted by molar-refractivity contribution is 5.58. The zero-order valence-electron chi connectivity index (χ0n) is 14.7. The van der Waals surface area contributed by atoms with E-state index < -0.39 is 17.2 Å². The van der Waals surface area contributed by atoms with Crippen molar-refractivity contribution in [3.05, 3.63) is 55.7 Å². The second-order valence-electron chi connectivity index (χ2n) is 5.54. The molecule has 1 aromatic carbocycles. The molecule has 2 heterocycles. The highest BCUT2D eigenvalue weighted by atomic mass is 16.5. The third kappa shape index (κ3) is 2.85. The maximum absolute atomic E-state index is 12.1. The average molecular weight is 372 g/mol. The van der Waals surface area contributed by atoms with Crippen molar-refractivity contribution in [2.45, 2.75) is 5.92 Å². The number of allylic oxidation sites excluding steroid dienone is 2. The van der Waals surface area contributed by atoms with Gasteiger partial charge in [0.25, 0.3) is 5.56 Å². The summed E-state index contributed by atoms with van der Waals surface area (Å²) < 4.78 is 21.2. The molecule has 1 aromatic heterocycles. The van der Waals surface area contributed by atoms with Gasteiger partial charge < -0.3 is 29.7 Å². The lowest BCUT2D eigenvalue weighted by molar-refractivity contribution is 0.323. The van der Waals surface area contributed by atoms with Gasteiger partial charge in [-0.25, -0.2) is 4.79 Å². The summed E-state index contributed by atoms with van der Waals surface area (Å²) >= 11 is 0. The van der Waals surface area contributed by atoms with Crippen LogP contribution in [0.1, 0.15) is 17.2 Å². The molecule has 0 radical (unpaired) electrons. The van der Waals surface area contributed by atoms with Crippen LogP contribution >= 0.6 is 0 Å². The van der Waals surface area contributed by atoms with Crippen LogP contribution in [0.4, 0.5) is 0 Å². The molecule has 1 unspecified atom stereocenters. The van der Waals surface area contributed by atoms with Crippen LogP contribution in [0.25, 0.3) is 0 Å². The molecular formula is C17H16N4O6. The number of hydrogen-bond acceptors (Lipinski definition) is 8. The summed E-state index contributed by atoms with van der Waals surface area (Å²) in [5, 5.41) is 9.31. The maximum Gasteiger partial charge on any atom is 0.326 e. The Bertz CT molecular complexity index is 1070. The Kier molecular flexibility index (Phi) is 4.51. The summed E-state index contributed by atoms with van der Waals surface area (Å²) in [7, 11) is 4.36. The van der Waals surface area contributed by atoms with E-state index in [9.17, 15) is 14.9 Å². The van der Waals surface area contributed by atoms with E-state index in [1.54, 1.807) is 12.1 Å². The van der Waals surface area contributed by atoms with Gasteiger partial charge in [-0.1, -0.05) is 0 Å². The zero-order chi connectivity index (χ0) is 19.7. The highest BCUT2D eigenvalue weighted by Gasteiger charge is 2.34. The van der Waals surface area contributed by atoms with Crippen LogP contribution in [0.15, 0.2) is 33.2 Å². The van der Waals surface area contributed by atoms with E-state index in [0.29, 0.717) is 22.8 Å². The number of nitrogens with two attached hydrogens (primary N) is 1. The zero-order valence-corrected chi connectivity index (χ0v) is 14.7. The Morgan fingerprint density at radius 2 is 1.74 bits per heavy atom. The Balaban J connectivity index is 2.34. The molecule has 1 aliphatic heterocycles. The predicted molar refractivity (Wildman–Crippen MR) is 93.1 cm³/mol. The van der Waals surface area contributed by atoms with E-state index >= 15 is 0 Å². The number of nitriles is 1. The summed E-state index contributed by atoms with van der Waals surface area (Å²) in [6, 6.07) is 5.04. The number of hydrogen-bond donors (Lipinski definition) is 3. The lowest BCUT2D eigenvalue weighted by Gasteiger charge is -2.26. The van der Waals surface area contributed by atoms with Crippen LogP contribution in [0, 0.1) is 11.3 Å². The molecule has 2 aromatic rings. The molecule has 27 heavy (non-hydrogen) atoms. The maximum atomic E-state index is 12.1. The predicted octanol–water partition coefficient (Wildman–Crippen LogP) is 0.307. The quantitative estimate of drug-likeness (QED) is 0.693. The van der Waals surface area contributed by atoms with E-state index in [2.05, 4.69) is 9.97 Å². The molecule has 0 fully saturated rings. The molecule has 0 bridgehead atoms. The molecule has 4 N–H and O–H groups in total. The fourth-order valence-corrected chi connectivity index (χ4v) is 2.95. The van der Waals surface area contributed by atoms with E-state index in [0.717, 1.165) is 0 Å². The monoisotopic (exact) mass is 372 g/mol. The van der Waals surface area contributed by atoms with Crippen LogP contribution in [-0.2, 0) is 0 Å². The van der Waals surface area contributed by atoms with Crippen LogP contribution in [0.3, 0.4) is 0 Å². The Labute approximate surface area is 152 Å². The summed E-state index contributed by atoms with van der Waals surface area (Å²) in [5.74, 6) is -0.236. The van der Waals surface area contributed by atoms with Crippen LogP contribution in [0.5, 0.6) is 23.0 Å². The summed E-state index contributed by atoms with van der Waals surface area (Å²) in [5.41, 5.74) is 5.27. The Hall–Kier alpha value is -3.87. The molecule has 0 spiro atoms. The van der Waals surface area contributed by atoms with Gasteiger partial charge in [-0.3, -0.25) is 9.78 Å². The second kappa shape index (κ2) is 6.80. The van der Waals surface area contributed by atoms with Gasteiger partial charge in [0.1, 0.15) is 6.07 Å². The van der Waals surface area contributed by atoms with Gasteiger partial charge in [-0.2, -0.15) is 5.26 Å². The van der Waals surface area contributed by atoms with Crippen LogP contribution in [0.2, 0.25) is 0 Å². The largest absolute Gasteiger partial charge is 0.493 e. The van der Waals surface area contributed by atoms with Gasteiger partial charge in [-0.15, -0.1) is 0 Å². The van der Waals surface area contributed by atoms with Gasteiger partial charge in [0.15, 0.2) is 11.5 Å². The number of rotatable bonds is 4. The molecule has 0 saturated heterocycles. The molecule has 0 saturated carbocycles. The number of ether oxygens (including phenoxy) is 4. The van der Waals surface area contributed by atoms with Crippen molar-refractivity contribution in [3.8, 4) is 29.1 Å². The standard InChI is InChI=1S/C17H16N4O6/c1-24-8-4-7(5-9(25-2)14(8)26-3)11-12(19)10(6-18)27-15-13(11)20-17(23)21-16(15)22/h4-5,11H,19H2,1-3H3,(H2,20,21,22,23). The first-order valence-electron chi connectivity index (χ1n) is 7.69. The molecule has 140 valence electrons. The first kappa shape index (κ1) is 17.9. The van der Waals surface area contributed by atoms with Crippen molar-refractivity contribution in [3.63, 3.8) is 0 Å². The van der Waals surface area contributed by atoms with Crippen molar-refractivity contribution in [2.24, 2.45) is 5.73 Å². The molecular weight excluding hydrogens is 356 g/mol. The highest BCUT2D eigenvalue weighted by Crippen LogP contribution is 2.44. The number of methoxy groups -OCH3 is 3. The summed E-state index contributed by atoms with van der Waals surface area (Å²) in [4.78, 5) is 28.5. The first-order chi connectivity index (χ1) is 12.9. The first-order valence-corrected chi connectivity index (χ1v) is 7.69. The smallest absolute Gasteiger partial charge is 0.326 e. The lowest BCUT2D eigenvalue weighted by atomic mass is 9.89. The average Bonchev–Trinajstić information content (AvgIpc) is 2.66. The van der Waals surface area contributed by atoms with Gasteiger partial charge >= 0.3 is 5.69 Å². The SMILES string of the molecule is COc1cc(C2C(N)=C(C#N)Oc3c2[nH]c(=O)[nH]c3=O)cc(OC)c1OC. The molecule has 0 amide bonds. The lowest BCUT2D eigenvalue weighted by Crippen LogP contribution is -2.32. The topological polar surface area (TPSA) is 152 Å². The van der Waals surface area contributed by atoms with Crippen molar-refractivity contribution in [2.75, 3.05) is 21.3 Å². The van der Waals surface area contributed by atoms with Gasteiger partial charge in [-0.05, 0) is 17.7 Å². The van der Waals surface area contributed by atoms with E-state index in [1.807, 2.05) is 6.07 Å². The Morgan fingerprint density at radius 1 is 1.11 bits per heavy atom. The normalized spacial score (nSPS) is 15.4. The minimum Gasteiger partial charge on any atom is -0.493 e. The van der Waals surface area contributed by atoms with Gasteiger partial charge in [0.2, 0.25) is 17.3 Å². The molecule has 3 rings (SSSR count). The van der Waals surface area contributed by atoms with Crippen molar-refractivity contribution >= 4 is 0 Å². The van der Waals surface area contributed by atoms with Crippen LogP contribution in [-0.4, -0.2) is 31.3 Å². The van der Waals surface area contributed by atoms with E-state index in [-0.39, 0.29) is 22.9 Å². The Morgan fingerprint density at radius 3 is 2.26 bits per heavy atom. The number of fused-ring (bicyclic) bond motifs is 1. The number of benzene rings is 1. The third-order valence-electron chi connectivity index (χ3n) is 4.11. The fraction of sp³-hybridized carbons (Fsp3) is 0.235. The summed E-state index contributed by atoms with van der Waals surface area (Å²) in [6.45, 7) is 0. The minimum absolute atomic E-state index is 0.0283. The van der Waals surface area contributed by atoms with E-state index in [1.165, 1.54) is 21.3 Å². The number of nitrogens with one attached hydrogen (secondary N) is 2. The van der Waals surface area contributed by atoms with Crippen molar-refractivity contribution in [1.29, 1.82) is 5.26 Å². The minimum atomic E-state index is -0.841. The number of nitrogens with zero attached hydrogens (tertiary/aromatic N) is 1. The molecule has 10 nitrogen and oxygen atoms in total. The van der Waals surface area contributed by atoms with Crippen molar-refractivity contribution in [1.82, 2.24) is 9.97 Å². The summed E-state index contributed by atoms with van der Waals surface area (Å²) in [6.07, 6.45) is 0. The van der Waals surface area contributed by atoms with Gasteiger partial charge in [0.05, 0.1) is 38.6 Å². The number of aromatic amines is 2. The van der Waals surface area contributed by atoms with Gasteiger partial charge in [0, 0.05) is 0 Å². The molecule has 0 aliphatic carbocycles.